The molecule has 2 amide bonds. The molecule has 0 aliphatic rings. The highest BCUT2D eigenvalue weighted by molar-refractivity contribution is 5.85. The van der Waals surface area contributed by atoms with E-state index in [1.54, 1.807) is 22.1 Å². The first-order valence-corrected chi connectivity index (χ1v) is 9.15. The molecule has 1 atom stereocenters. The minimum Gasteiger partial charge on any atom is -0.467 e. The Hall–Kier alpha value is -2.54. The average Bonchev–Trinajstić information content (AvgIpc) is 3.30. The number of methoxy groups -OCH3 is 1. The lowest BCUT2D eigenvalue weighted by atomic mass is 10.2. The Labute approximate surface area is 160 Å². The first kappa shape index (κ1) is 20.8. The van der Waals surface area contributed by atoms with Crippen LogP contribution in [0.3, 0.4) is 0 Å². The first-order valence-electron chi connectivity index (χ1n) is 9.15. The minimum absolute atomic E-state index is 0.0162. The van der Waals surface area contributed by atoms with E-state index in [0.717, 1.165) is 12.1 Å². The van der Waals surface area contributed by atoms with Gasteiger partial charge in [-0.05, 0) is 37.6 Å². The number of rotatable bonds is 10. The summed E-state index contributed by atoms with van der Waals surface area (Å²) in [6.07, 6.45) is 4.30. The predicted octanol–water partition coefficient (Wildman–Crippen LogP) is 2.42. The number of hydrogen-bond donors (Lipinski definition) is 0. The van der Waals surface area contributed by atoms with E-state index in [1.807, 2.05) is 49.9 Å². The highest BCUT2D eigenvalue weighted by Gasteiger charge is 2.25. The Balaban J connectivity index is 2.17. The predicted molar refractivity (Wildman–Crippen MR) is 102 cm³/mol. The summed E-state index contributed by atoms with van der Waals surface area (Å²) in [5.74, 6) is 0.394. The Morgan fingerprint density at radius 1 is 1.22 bits per heavy atom. The average molecular weight is 375 g/mol. The maximum absolute atomic E-state index is 13.1. The normalized spacial score (nSPS) is 12.0. The highest BCUT2D eigenvalue weighted by Crippen LogP contribution is 2.13. The number of carbonyl (C=O) groups is 2. The van der Waals surface area contributed by atoms with Crippen LogP contribution in [-0.2, 0) is 34.5 Å². The molecule has 7 nitrogen and oxygen atoms in total. The molecule has 0 unspecified atom stereocenters. The molecule has 0 fully saturated rings. The van der Waals surface area contributed by atoms with Gasteiger partial charge in [-0.3, -0.25) is 9.59 Å². The zero-order valence-electron chi connectivity index (χ0n) is 16.6. The molecule has 0 aromatic carbocycles. The molecule has 0 aliphatic heterocycles. The van der Waals surface area contributed by atoms with Crippen molar-refractivity contribution in [2.45, 2.75) is 39.4 Å². The molecule has 2 heterocycles. The van der Waals surface area contributed by atoms with Crippen LogP contribution in [-0.4, -0.2) is 52.5 Å². The summed E-state index contributed by atoms with van der Waals surface area (Å²) in [4.78, 5) is 28.8. The first-order chi connectivity index (χ1) is 13.0. The number of furan rings is 1. The summed E-state index contributed by atoms with van der Waals surface area (Å²) < 4.78 is 12.4. The minimum atomic E-state index is -0.183. The van der Waals surface area contributed by atoms with Crippen molar-refractivity contribution in [3.8, 4) is 0 Å². The van der Waals surface area contributed by atoms with Crippen LogP contribution in [0.5, 0.6) is 0 Å². The van der Waals surface area contributed by atoms with E-state index in [4.69, 9.17) is 9.15 Å². The Bertz CT molecular complexity index is 723. The van der Waals surface area contributed by atoms with Crippen LogP contribution in [0.15, 0.2) is 41.1 Å². The van der Waals surface area contributed by atoms with Crippen molar-refractivity contribution in [3.05, 3.63) is 48.2 Å². The third-order valence-electron chi connectivity index (χ3n) is 4.70. The van der Waals surface area contributed by atoms with Crippen molar-refractivity contribution in [2.24, 2.45) is 7.05 Å². The molecule has 0 radical (unpaired) electrons. The van der Waals surface area contributed by atoms with E-state index in [-0.39, 0.29) is 31.0 Å². The van der Waals surface area contributed by atoms with Crippen molar-refractivity contribution in [2.75, 3.05) is 20.3 Å². The van der Waals surface area contributed by atoms with Gasteiger partial charge in [0.05, 0.1) is 19.4 Å². The van der Waals surface area contributed by atoms with Gasteiger partial charge < -0.3 is 23.5 Å². The second kappa shape index (κ2) is 9.97. The van der Waals surface area contributed by atoms with E-state index in [0.29, 0.717) is 18.8 Å². The molecule has 2 aromatic rings. The van der Waals surface area contributed by atoms with Gasteiger partial charge in [0, 0.05) is 32.1 Å². The summed E-state index contributed by atoms with van der Waals surface area (Å²) >= 11 is 0. The molecule has 27 heavy (non-hydrogen) atoms. The van der Waals surface area contributed by atoms with Crippen LogP contribution >= 0.6 is 0 Å². The molecule has 0 saturated carbocycles. The molecular formula is C20H29N3O4. The number of ether oxygens (including phenoxy) is 1. The summed E-state index contributed by atoms with van der Waals surface area (Å²) in [5, 5.41) is 0. The summed E-state index contributed by atoms with van der Waals surface area (Å²) in [6.45, 7) is 4.71. The van der Waals surface area contributed by atoms with Crippen LogP contribution in [0.4, 0.5) is 0 Å². The molecule has 2 rings (SSSR count). The Kier molecular flexibility index (Phi) is 7.67. The largest absolute Gasteiger partial charge is 0.467 e. The van der Waals surface area contributed by atoms with E-state index >= 15 is 0 Å². The van der Waals surface area contributed by atoms with Crippen molar-refractivity contribution in [1.29, 1.82) is 0 Å². The molecule has 7 heteroatoms. The van der Waals surface area contributed by atoms with E-state index < -0.39 is 0 Å². The van der Waals surface area contributed by atoms with Gasteiger partial charge in [0.1, 0.15) is 18.9 Å². The summed E-state index contributed by atoms with van der Waals surface area (Å²) in [7, 11) is 3.42. The second-order valence-corrected chi connectivity index (χ2v) is 6.65. The lowest BCUT2D eigenvalue weighted by molar-refractivity contribution is -0.145. The monoisotopic (exact) mass is 375 g/mol. The maximum Gasteiger partial charge on any atom is 0.249 e. The van der Waals surface area contributed by atoms with Crippen molar-refractivity contribution < 1.29 is 18.7 Å². The Morgan fingerprint density at radius 3 is 2.56 bits per heavy atom. The molecule has 0 bridgehead atoms. The molecular weight excluding hydrogens is 346 g/mol. The highest BCUT2D eigenvalue weighted by atomic mass is 16.5. The smallest absolute Gasteiger partial charge is 0.249 e. The number of carbonyl (C=O) groups excluding carboxylic acids is 2. The van der Waals surface area contributed by atoms with Crippen LogP contribution in [0, 0.1) is 0 Å². The molecule has 148 valence electrons. The number of nitrogens with zero attached hydrogens (tertiary/aromatic N) is 3. The fourth-order valence-electron chi connectivity index (χ4n) is 2.84. The van der Waals surface area contributed by atoms with E-state index in [2.05, 4.69) is 0 Å². The van der Waals surface area contributed by atoms with Crippen LogP contribution in [0.25, 0.3) is 0 Å². The zero-order valence-corrected chi connectivity index (χ0v) is 16.6. The van der Waals surface area contributed by atoms with Crippen molar-refractivity contribution in [3.63, 3.8) is 0 Å². The second-order valence-electron chi connectivity index (χ2n) is 6.65. The lowest BCUT2D eigenvalue weighted by Gasteiger charge is -2.31. The quantitative estimate of drug-likeness (QED) is 0.640. The fourth-order valence-corrected chi connectivity index (χ4v) is 2.84. The van der Waals surface area contributed by atoms with Crippen molar-refractivity contribution in [1.82, 2.24) is 14.4 Å². The van der Waals surface area contributed by atoms with Crippen LogP contribution < -0.4 is 0 Å². The fraction of sp³-hybridized carbons (Fsp3) is 0.500. The number of aryl methyl sites for hydroxylation is 1. The lowest BCUT2D eigenvalue weighted by Crippen LogP contribution is -2.47. The summed E-state index contributed by atoms with van der Waals surface area (Å²) in [6, 6.07) is 7.52. The van der Waals surface area contributed by atoms with Gasteiger partial charge in [-0.25, -0.2) is 0 Å². The van der Waals surface area contributed by atoms with Gasteiger partial charge >= 0.3 is 0 Å². The SMILES string of the molecule is CC[C@@H](C)N(CC(=O)N(Cc1ccco1)Cc1cccn1C)C(=O)COC. The standard InChI is InChI=1S/C20H29N3O4/c1-5-16(2)23(20(25)15-26-4)14-19(24)22(13-18-9-7-11-27-18)12-17-8-6-10-21(17)3/h6-11,16H,5,12-15H2,1-4H3/t16-/m1/s1. The van der Waals surface area contributed by atoms with Gasteiger partial charge in [-0.1, -0.05) is 6.92 Å². The van der Waals surface area contributed by atoms with Gasteiger partial charge in [0.2, 0.25) is 11.8 Å². The molecule has 0 spiro atoms. The third-order valence-corrected chi connectivity index (χ3v) is 4.70. The Morgan fingerprint density at radius 2 is 2.00 bits per heavy atom. The third kappa shape index (κ3) is 5.72. The van der Waals surface area contributed by atoms with Gasteiger partial charge in [0.15, 0.2) is 0 Å². The van der Waals surface area contributed by atoms with Gasteiger partial charge in [-0.2, -0.15) is 0 Å². The number of amides is 2. The number of hydrogen-bond acceptors (Lipinski definition) is 4. The zero-order chi connectivity index (χ0) is 19.8. The van der Waals surface area contributed by atoms with Gasteiger partial charge in [0.25, 0.3) is 0 Å². The molecule has 0 N–H and O–H groups in total. The number of aromatic nitrogens is 1. The maximum atomic E-state index is 13.1. The summed E-state index contributed by atoms with van der Waals surface area (Å²) in [5.41, 5.74) is 1.01. The molecule has 0 saturated heterocycles. The molecule has 0 aliphatic carbocycles. The van der Waals surface area contributed by atoms with Crippen LogP contribution in [0.1, 0.15) is 31.7 Å². The van der Waals surface area contributed by atoms with Crippen LogP contribution in [0.2, 0.25) is 0 Å². The van der Waals surface area contributed by atoms with E-state index in [9.17, 15) is 9.59 Å². The van der Waals surface area contributed by atoms with Crippen molar-refractivity contribution >= 4 is 11.8 Å². The van der Waals surface area contributed by atoms with Gasteiger partial charge in [-0.15, -0.1) is 0 Å². The van der Waals surface area contributed by atoms with E-state index in [1.165, 1.54) is 7.11 Å². The molecule has 2 aromatic heterocycles. The topological polar surface area (TPSA) is 67.9 Å².